The third-order valence-corrected chi connectivity index (χ3v) is 6.88. The third kappa shape index (κ3) is 4.71. The number of aromatic nitrogens is 2. The minimum Gasteiger partial charge on any atom is -0.495 e. The van der Waals surface area contributed by atoms with Gasteiger partial charge in [0, 0.05) is 19.3 Å². The molecular formula is C27H33FN4O2. The van der Waals surface area contributed by atoms with E-state index in [2.05, 4.69) is 16.4 Å². The molecule has 1 aliphatic heterocycles. The number of hydrogen-bond donors (Lipinski definition) is 1. The molecule has 1 aliphatic rings. The summed E-state index contributed by atoms with van der Waals surface area (Å²) in [6, 6.07) is 12.4. The van der Waals surface area contributed by atoms with Crippen molar-refractivity contribution in [3.8, 4) is 11.4 Å². The molecule has 2 heterocycles. The normalized spacial score (nSPS) is 19.3. The van der Waals surface area contributed by atoms with Gasteiger partial charge in [0.15, 0.2) is 0 Å². The largest absolute Gasteiger partial charge is 0.495 e. The number of halogens is 1. The van der Waals surface area contributed by atoms with Crippen LogP contribution in [0.3, 0.4) is 0 Å². The fourth-order valence-corrected chi connectivity index (χ4v) is 5.11. The van der Waals surface area contributed by atoms with Crippen molar-refractivity contribution >= 4 is 5.91 Å². The van der Waals surface area contributed by atoms with E-state index in [0.29, 0.717) is 19.5 Å². The molecule has 1 N–H and O–H groups in total. The van der Waals surface area contributed by atoms with E-state index in [1.165, 1.54) is 12.1 Å². The quantitative estimate of drug-likeness (QED) is 0.535. The summed E-state index contributed by atoms with van der Waals surface area (Å²) in [5, 5.41) is 3.26. The van der Waals surface area contributed by atoms with Gasteiger partial charge in [0.05, 0.1) is 36.3 Å². The van der Waals surface area contributed by atoms with Gasteiger partial charge in [-0.25, -0.2) is 9.37 Å². The number of rotatable bonds is 8. The number of carbonyl (C=O) groups excluding carboxylic acids is 1. The van der Waals surface area contributed by atoms with Gasteiger partial charge in [-0.2, -0.15) is 0 Å². The molecule has 1 fully saturated rings. The Labute approximate surface area is 200 Å². The molecular weight excluding hydrogens is 431 g/mol. The number of ether oxygens (including phenoxy) is 1. The smallest absolute Gasteiger partial charge is 0.230 e. The molecule has 1 saturated heterocycles. The second-order valence-electron chi connectivity index (χ2n) is 9.25. The molecule has 0 radical (unpaired) electrons. The molecule has 2 atom stereocenters. The number of imidazole rings is 1. The van der Waals surface area contributed by atoms with E-state index in [1.807, 2.05) is 48.7 Å². The van der Waals surface area contributed by atoms with Crippen molar-refractivity contribution in [1.29, 1.82) is 0 Å². The summed E-state index contributed by atoms with van der Waals surface area (Å²) in [5.74, 6) is 0.612. The first-order chi connectivity index (χ1) is 16.4. The number of benzene rings is 2. The SMILES string of the molecule is CNCC1(Cc2ccc(-n3cnc(C)c3)c(OC)c2)CCCN([C@@H](C)c2ccc(F)cc2)C1=O. The van der Waals surface area contributed by atoms with Crippen LogP contribution in [-0.2, 0) is 11.2 Å². The number of nitrogens with one attached hydrogen (secondary N) is 1. The number of amides is 1. The fourth-order valence-electron chi connectivity index (χ4n) is 5.11. The van der Waals surface area contributed by atoms with Gasteiger partial charge in [-0.3, -0.25) is 4.79 Å². The van der Waals surface area contributed by atoms with E-state index in [-0.39, 0.29) is 17.8 Å². The van der Waals surface area contributed by atoms with Crippen molar-refractivity contribution in [1.82, 2.24) is 19.8 Å². The molecule has 180 valence electrons. The Morgan fingerprint density at radius 1 is 1.24 bits per heavy atom. The van der Waals surface area contributed by atoms with Gasteiger partial charge in [-0.05, 0) is 75.5 Å². The lowest BCUT2D eigenvalue weighted by molar-refractivity contribution is -0.148. The van der Waals surface area contributed by atoms with E-state index >= 15 is 0 Å². The Balaban J connectivity index is 1.62. The number of piperidine rings is 1. The third-order valence-electron chi connectivity index (χ3n) is 6.88. The highest BCUT2D eigenvalue weighted by atomic mass is 19.1. The van der Waals surface area contributed by atoms with Crippen LogP contribution in [0.15, 0.2) is 55.0 Å². The maximum absolute atomic E-state index is 13.9. The molecule has 0 spiro atoms. The van der Waals surface area contributed by atoms with Crippen molar-refractivity contribution < 1.29 is 13.9 Å². The molecule has 7 heteroatoms. The van der Waals surface area contributed by atoms with Gasteiger partial charge in [0.1, 0.15) is 11.6 Å². The zero-order chi connectivity index (χ0) is 24.3. The molecule has 4 rings (SSSR count). The van der Waals surface area contributed by atoms with Crippen LogP contribution in [0.4, 0.5) is 4.39 Å². The number of methoxy groups -OCH3 is 1. The van der Waals surface area contributed by atoms with Gasteiger partial charge < -0.3 is 19.5 Å². The van der Waals surface area contributed by atoms with Gasteiger partial charge in [0.2, 0.25) is 5.91 Å². The van der Waals surface area contributed by atoms with Crippen molar-refractivity contribution in [2.45, 2.75) is 39.2 Å². The van der Waals surface area contributed by atoms with Gasteiger partial charge in [-0.15, -0.1) is 0 Å². The Bertz CT molecular complexity index is 1140. The highest BCUT2D eigenvalue weighted by Gasteiger charge is 2.44. The van der Waals surface area contributed by atoms with E-state index in [1.54, 1.807) is 25.6 Å². The second kappa shape index (κ2) is 9.97. The van der Waals surface area contributed by atoms with Crippen LogP contribution in [0.25, 0.3) is 5.69 Å². The van der Waals surface area contributed by atoms with Crippen molar-refractivity contribution in [3.63, 3.8) is 0 Å². The molecule has 0 saturated carbocycles. The summed E-state index contributed by atoms with van der Waals surface area (Å²) >= 11 is 0. The van der Waals surface area contributed by atoms with Gasteiger partial charge >= 0.3 is 0 Å². The molecule has 34 heavy (non-hydrogen) atoms. The summed E-state index contributed by atoms with van der Waals surface area (Å²) < 4.78 is 21.1. The highest BCUT2D eigenvalue weighted by molar-refractivity contribution is 5.84. The summed E-state index contributed by atoms with van der Waals surface area (Å²) in [7, 11) is 3.55. The van der Waals surface area contributed by atoms with Crippen LogP contribution in [-0.4, -0.2) is 47.6 Å². The van der Waals surface area contributed by atoms with Gasteiger partial charge in [-0.1, -0.05) is 18.2 Å². The van der Waals surface area contributed by atoms with Crippen molar-refractivity contribution in [2.75, 3.05) is 27.2 Å². The minimum absolute atomic E-state index is 0.119. The maximum atomic E-state index is 13.9. The predicted octanol–water partition coefficient (Wildman–Crippen LogP) is 4.46. The lowest BCUT2D eigenvalue weighted by Crippen LogP contribution is -2.54. The first-order valence-corrected chi connectivity index (χ1v) is 11.8. The van der Waals surface area contributed by atoms with Crippen LogP contribution < -0.4 is 10.1 Å². The Morgan fingerprint density at radius 2 is 2.00 bits per heavy atom. The summed E-state index contributed by atoms with van der Waals surface area (Å²) in [4.78, 5) is 20.2. The van der Waals surface area contributed by atoms with E-state index < -0.39 is 5.41 Å². The summed E-state index contributed by atoms with van der Waals surface area (Å²) in [5.41, 5.74) is 3.28. The molecule has 1 amide bonds. The lowest BCUT2D eigenvalue weighted by Gasteiger charge is -2.44. The topological polar surface area (TPSA) is 59.4 Å². The zero-order valence-corrected chi connectivity index (χ0v) is 20.3. The number of nitrogens with zero attached hydrogens (tertiary/aromatic N) is 3. The molecule has 1 unspecified atom stereocenters. The molecule has 3 aromatic rings. The molecule has 2 aromatic carbocycles. The highest BCUT2D eigenvalue weighted by Crippen LogP contribution is 2.39. The van der Waals surface area contributed by atoms with Crippen molar-refractivity contribution in [2.24, 2.45) is 5.41 Å². The first kappa shape index (κ1) is 24.0. The Morgan fingerprint density at radius 3 is 2.65 bits per heavy atom. The van der Waals surface area contributed by atoms with E-state index in [4.69, 9.17) is 4.74 Å². The average Bonchev–Trinajstić information content (AvgIpc) is 3.27. The zero-order valence-electron chi connectivity index (χ0n) is 20.3. The van der Waals surface area contributed by atoms with Gasteiger partial charge in [0.25, 0.3) is 0 Å². The second-order valence-corrected chi connectivity index (χ2v) is 9.25. The molecule has 6 nitrogen and oxygen atoms in total. The van der Waals surface area contributed by atoms with Crippen LogP contribution in [0.1, 0.15) is 42.6 Å². The first-order valence-electron chi connectivity index (χ1n) is 11.8. The monoisotopic (exact) mass is 464 g/mol. The summed E-state index contributed by atoms with van der Waals surface area (Å²) in [6.45, 7) is 5.26. The Hall–Kier alpha value is -3.19. The number of likely N-dealkylation sites (tertiary alicyclic amines) is 1. The number of hydrogen-bond acceptors (Lipinski definition) is 4. The van der Waals surface area contributed by atoms with E-state index in [9.17, 15) is 9.18 Å². The van der Waals surface area contributed by atoms with Crippen LogP contribution in [0, 0.1) is 18.2 Å². The molecule has 1 aromatic heterocycles. The standard InChI is InChI=1S/C27H33FN4O2/c1-19-16-31(18-30-19)24-11-6-21(14-25(24)34-4)15-27(17-29-3)12-5-13-32(26(27)33)20(2)22-7-9-23(28)10-8-22/h6-11,14,16,18,20,29H,5,12-13,15,17H2,1-4H3/t20-,27?/m0/s1. The fraction of sp³-hybridized carbons (Fsp3) is 0.407. The number of carbonyl (C=O) groups is 1. The van der Waals surface area contributed by atoms with Crippen LogP contribution in [0.5, 0.6) is 5.75 Å². The number of aryl methyl sites for hydroxylation is 1. The lowest BCUT2D eigenvalue weighted by atomic mass is 9.73. The maximum Gasteiger partial charge on any atom is 0.230 e. The predicted molar refractivity (Wildman–Crippen MR) is 131 cm³/mol. The van der Waals surface area contributed by atoms with Crippen LogP contribution in [0.2, 0.25) is 0 Å². The molecule has 0 bridgehead atoms. The average molecular weight is 465 g/mol. The Kier molecular flexibility index (Phi) is 7.03. The van der Waals surface area contributed by atoms with Crippen LogP contribution >= 0.6 is 0 Å². The minimum atomic E-state index is -0.556. The van der Waals surface area contributed by atoms with Crippen molar-refractivity contribution in [3.05, 3.63) is 77.6 Å². The summed E-state index contributed by atoms with van der Waals surface area (Å²) in [6.07, 6.45) is 6.07. The van der Waals surface area contributed by atoms with E-state index in [0.717, 1.165) is 41.1 Å². The molecule has 0 aliphatic carbocycles.